The summed E-state index contributed by atoms with van der Waals surface area (Å²) < 4.78 is 20.1. The van der Waals surface area contributed by atoms with E-state index in [1.807, 2.05) is 0 Å². The van der Waals surface area contributed by atoms with Crippen molar-refractivity contribution < 1.29 is 39.1 Å². The molecular weight excluding hydrogens is 507 g/mol. The molecule has 0 aliphatic carbocycles. The largest absolute Gasteiger partial charge is 0.441 e. The Bertz CT molecular complexity index is 1070. The maximum atomic E-state index is 14.8. The maximum absolute atomic E-state index is 14.8. The van der Waals surface area contributed by atoms with Gasteiger partial charge < -0.3 is 36.2 Å². The van der Waals surface area contributed by atoms with Gasteiger partial charge >= 0.3 is 6.09 Å². The van der Waals surface area contributed by atoms with Gasteiger partial charge in [-0.15, -0.1) is 0 Å². The van der Waals surface area contributed by atoms with E-state index in [0.717, 1.165) is 0 Å². The zero-order valence-electron chi connectivity index (χ0n) is 23.4. The van der Waals surface area contributed by atoms with Gasteiger partial charge in [0.1, 0.15) is 11.9 Å². The van der Waals surface area contributed by atoms with Crippen molar-refractivity contribution in [2.24, 2.45) is 29.4 Å². The van der Waals surface area contributed by atoms with E-state index in [-0.39, 0.29) is 30.9 Å². The molecule has 218 valence electrons. The predicted molar refractivity (Wildman–Crippen MR) is 146 cm³/mol. The van der Waals surface area contributed by atoms with E-state index in [0.29, 0.717) is 29.6 Å². The second kappa shape index (κ2) is 14.6. The fraction of sp³-hybridized carbons (Fsp3) is 0.586. The first-order valence-electron chi connectivity index (χ1n) is 13.3. The number of anilines is 1. The topological polar surface area (TPSA) is 162 Å². The van der Waals surface area contributed by atoms with Gasteiger partial charge in [-0.1, -0.05) is 26.0 Å². The molecule has 0 unspecified atom stereocenters. The summed E-state index contributed by atoms with van der Waals surface area (Å²) in [5.41, 5.74) is 6.98. The number of ether oxygens (including phenoxy) is 1. The molecule has 10 heteroatoms. The molecule has 0 fully saturated rings. The molecule has 1 aromatic rings. The first-order chi connectivity index (χ1) is 18.3. The zero-order valence-corrected chi connectivity index (χ0v) is 23.4. The van der Waals surface area contributed by atoms with Crippen molar-refractivity contribution in [3.8, 4) is 0 Å². The standard InChI is InChI=1S/C29H43FN2O7/c1-15-7-6-8-20(13-33)27(39-29(31)38)18(4)9-16(2)25(35)21(14-34)10-17(3)26(36)23-11-22(32-28(15)37)12-24(30)19(23)5/h7,9,11-12,16-17,20-21,25-27,33-36H,6,8,10,13-14H2,1-5H3,(H2,31,38)(H,32,37)/t16-,17-,20+,21+,25+,26+,27-/m0/s1. The van der Waals surface area contributed by atoms with E-state index in [2.05, 4.69) is 5.32 Å². The van der Waals surface area contributed by atoms with E-state index in [9.17, 15) is 34.4 Å². The number of aliphatic hydroxyl groups is 4. The number of allylic oxidation sites excluding steroid dienone is 1. The van der Waals surface area contributed by atoms with E-state index in [4.69, 9.17) is 10.5 Å². The van der Waals surface area contributed by atoms with Crippen LogP contribution in [0.15, 0.2) is 35.4 Å². The number of primary amides is 1. The van der Waals surface area contributed by atoms with Crippen LogP contribution in [-0.4, -0.2) is 57.8 Å². The Morgan fingerprint density at radius 1 is 1.13 bits per heavy atom. The summed E-state index contributed by atoms with van der Waals surface area (Å²) in [5.74, 6) is -3.17. The Morgan fingerprint density at radius 2 is 1.77 bits per heavy atom. The van der Waals surface area contributed by atoms with Gasteiger partial charge in [-0.2, -0.15) is 0 Å². The lowest BCUT2D eigenvalue weighted by Gasteiger charge is -2.31. The summed E-state index contributed by atoms with van der Waals surface area (Å²) in [6.45, 7) is 7.68. The molecule has 1 heterocycles. The van der Waals surface area contributed by atoms with Gasteiger partial charge in [0.05, 0.1) is 12.2 Å². The number of aliphatic hydroxyl groups excluding tert-OH is 4. The molecule has 1 aliphatic rings. The molecule has 9 nitrogen and oxygen atoms in total. The van der Waals surface area contributed by atoms with Crippen LogP contribution in [0.4, 0.5) is 14.9 Å². The van der Waals surface area contributed by atoms with Crippen LogP contribution >= 0.6 is 0 Å². The highest BCUT2D eigenvalue weighted by Gasteiger charge is 2.31. The number of nitrogens with two attached hydrogens (primary N) is 1. The molecule has 0 saturated carbocycles. The van der Waals surface area contributed by atoms with Crippen LogP contribution in [0.5, 0.6) is 0 Å². The highest BCUT2D eigenvalue weighted by atomic mass is 19.1. The van der Waals surface area contributed by atoms with Gasteiger partial charge in [0.25, 0.3) is 5.91 Å². The van der Waals surface area contributed by atoms with Crippen LogP contribution in [0.2, 0.25) is 0 Å². The average molecular weight is 551 g/mol. The Morgan fingerprint density at radius 3 is 2.36 bits per heavy atom. The third-order valence-electron chi connectivity index (χ3n) is 7.66. The minimum absolute atomic E-state index is 0.186. The molecule has 0 saturated heterocycles. The van der Waals surface area contributed by atoms with Crippen molar-refractivity contribution in [2.45, 2.75) is 72.2 Å². The van der Waals surface area contributed by atoms with Gasteiger partial charge in [-0.25, -0.2) is 9.18 Å². The highest BCUT2D eigenvalue weighted by Crippen LogP contribution is 2.34. The SMILES string of the molecule is CC1=CCC[C@H](CO)[C@@H](OC(N)=O)C(C)=C[C@H](C)[C@@H](O)[C@@H](CO)C[C@H](C)[C@@H](O)c2cc(cc(F)c2C)NC1=O. The van der Waals surface area contributed by atoms with E-state index in [1.165, 1.54) is 12.1 Å². The highest BCUT2D eigenvalue weighted by molar-refractivity contribution is 6.03. The van der Waals surface area contributed by atoms with E-state index in [1.54, 1.807) is 46.8 Å². The number of amides is 2. The first-order valence-corrected chi connectivity index (χ1v) is 13.3. The lowest BCUT2D eigenvalue weighted by Crippen LogP contribution is -2.35. The number of fused-ring (bicyclic) bond motifs is 2. The van der Waals surface area contributed by atoms with Crippen molar-refractivity contribution in [1.82, 2.24) is 0 Å². The molecule has 2 bridgehead atoms. The van der Waals surface area contributed by atoms with E-state index < -0.39 is 59.8 Å². The summed E-state index contributed by atoms with van der Waals surface area (Å²) in [6.07, 6.45) is 0.314. The normalized spacial score (nSPS) is 29.7. The monoisotopic (exact) mass is 550 g/mol. The summed E-state index contributed by atoms with van der Waals surface area (Å²) in [5, 5.41) is 45.0. The number of carbonyl (C=O) groups excluding carboxylic acids is 2. The molecule has 2 rings (SSSR count). The third kappa shape index (κ3) is 8.60. The zero-order chi connectivity index (χ0) is 29.4. The second-order valence-electron chi connectivity index (χ2n) is 10.8. The number of carbonyl (C=O) groups is 2. The molecule has 7 atom stereocenters. The minimum Gasteiger partial charge on any atom is -0.441 e. The average Bonchev–Trinajstić information content (AvgIpc) is 2.88. The van der Waals surface area contributed by atoms with Crippen molar-refractivity contribution in [1.29, 1.82) is 0 Å². The number of rotatable bonds is 3. The Kier molecular flexibility index (Phi) is 12.1. The van der Waals surface area contributed by atoms with Crippen LogP contribution in [0.25, 0.3) is 0 Å². The predicted octanol–water partition coefficient (Wildman–Crippen LogP) is 3.50. The molecular formula is C29H43FN2O7. The smallest absolute Gasteiger partial charge is 0.405 e. The lowest BCUT2D eigenvalue weighted by atomic mass is 9.81. The van der Waals surface area contributed by atoms with Crippen molar-refractivity contribution in [3.05, 3.63) is 52.4 Å². The molecule has 2 amide bonds. The maximum Gasteiger partial charge on any atom is 0.405 e. The number of halogens is 1. The summed E-state index contributed by atoms with van der Waals surface area (Å²) in [7, 11) is 0. The number of hydrogen-bond acceptors (Lipinski definition) is 7. The number of hydrogen-bond donors (Lipinski definition) is 6. The first kappa shape index (κ1) is 32.4. The minimum atomic E-state index is -1.12. The molecule has 1 aliphatic heterocycles. The Labute approximate surface area is 229 Å². The van der Waals surface area contributed by atoms with Crippen LogP contribution in [0, 0.1) is 36.4 Å². The Hall–Kier alpha value is -2.79. The quantitative estimate of drug-likeness (QED) is 0.314. The van der Waals surface area contributed by atoms with Crippen molar-refractivity contribution in [3.63, 3.8) is 0 Å². The lowest BCUT2D eigenvalue weighted by molar-refractivity contribution is -0.112. The van der Waals surface area contributed by atoms with Gasteiger partial charge in [-0.05, 0) is 74.8 Å². The fourth-order valence-electron chi connectivity index (χ4n) is 5.21. The van der Waals surface area contributed by atoms with Gasteiger partial charge in [-0.3, -0.25) is 4.79 Å². The molecule has 1 aromatic carbocycles. The molecule has 0 aromatic heterocycles. The van der Waals surface area contributed by atoms with Gasteiger partial charge in [0, 0.05) is 42.2 Å². The fourth-order valence-corrected chi connectivity index (χ4v) is 5.21. The summed E-state index contributed by atoms with van der Waals surface area (Å²) in [6, 6.07) is 2.72. The second-order valence-corrected chi connectivity index (χ2v) is 10.8. The van der Waals surface area contributed by atoms with Crippen molar-refractivity contribution in [2.75, 3.05) is 18.5 Å². The molecule has 0 spiro atoms. The van der Waals surface area contributed by atoms with Crippen LogP contribution in [0.3, 0.4) is 0 Å². The van der Waals surface area contributed by atoms with Crippen LogP contribution in [0.1, 0.15) is 64.2 Å². The molecule has 0 radical (unpaired) electrons. The third-order valence-corrected chi connectivity index (χ3v) is 7.66. The van der Waals surface area contributed by atoms with Gasteiger partial charge in [0.15, 0.2) is 0 Å². The van der Waals surface area contributed by atoms with Crippen molar-refractivity contribution >= 4 is 17.7 Å². The summed E-state index contributed by atoms with van der Waals surface area (Å²) in [4.78, 5) is 24.5. The summed E-state index contributed by atoms with van der Waals surface area (Å²) >= 11 is 0. The van der Waals surface area contributed by atoms with Gasteiger partial charge in [0.2, 0.25) is 0 Å². The Balaban J connectivity index is 2.56. The van der Waals surface area contributed by atoms with E-state index >= 15 is 0 Å². The molecule has 7 N–H and O–H groups in total. The molecule has 39 heavy (non-hydrogen) atoms. The number of nitrogens with one attached hydrogen (secondary N) is 1. The number of benzene rings is 1. The van der Waals surface area contributed by atoms with Crippen LogP contribution < -0.4 is 11.1 Å². The van der Waals surface area contributed by atoms with Crippen LogP contribution in [-0.2, 0) is 9.53 Å².